The predicted octanol–water partition coefficient (Wildman–Crippen LogP) is 3.24. The maximum absolute atomic E-state index is 12.1. The van der Waals surface area contributed by atoms with Crippen molar-refractivity contribution in [3.63, 3.8) is 0 Å². The molecule has 5 heteroatoms. The number of halogens is 1. The number of piperidine rings is 1. The van der Waals surface area contributed by atoms with Crippen molar-refractivity contribution in [2.24, 2.45) is 0 Å². The lowest BCUT2D eigenvalue weighted by Crippen LogP contribution is -2.34. The Balaban J connectivity index is 2.12. The minimum Gasteiger partial charge on any atom is -0.208 e. The van der Waals surface area contributed by atoms with Crippen molar-refractivity contribution in [3.05, 3.63) is 39.7 Å². The third kappa shape index (κ3) is 3.67. The molecule has 1 aromatic rings. The highest BCUT2D eigenvalue weighted by Gasteiger charge is 2.20. The summed E-state index contributed by atoms with van der Waals surface area (Å²) >= 11 is 3.37. The molecule has 0 spiro atoms. The lowest BCUT2D eigenvalue weighted by Gasteiger charge is -2.24. The molecule has 0 bridgehead atoms. The molecule has 0 aromatic heterocycles. The Kier molecular flexibility index (Phi) is 4.59. The van der Waals surface area contributed by atoms with E-state index in [0.717, 1.165) is 29.3 Å². The van der Waals surface area contributed by atoms with Crippen LogP contribution in [0.15, 0.2) is 34.1 Å². The molecule has 1 fully saturated rings. The van der Waals surface area contributed by atoms with Gasteiger partial charge >= 0.3 is 0 Å². The van der Waals surface area contributed by atoms with Gasteiger partial charge in [-0.05, 0) is 36.6 Å². The van der Waals surface area contributed by atoms with Gasteiger partial charge in [0.15, 0.2) is 0 Å². The summed E-state index contributed by atoms with van der Waals surface area (Å²) in [6, 6.07) is 7.57. The second-order valence-corrected chi connectivity index (χ2v) is 7.10. The van der Waals surface area contributed by atoms with Crippen LogP contribution in [0, 0.1) is 0 Å². The van der Waals surface area contributed by atoms with E-state index in [2.05, 4.69) is 15.9 Å². The molecule has 0 atom stereocenters. The molecule has 1 heterocycles. The van der Waals surface area contributed by atoms with E-state index in [1.54, 1.807) is 10.4 Å². The molecule has 98 valence electrons. The normalized spacial score (nSPS) is 18.3. The quantitative estimate of drug-likeness (QED) is 0.853. The summed E-state index contributed by atoms with van der Waals surface area (Å²) in [5.74, 6) is 0. The van der Waals surface area contributed by atoms with Crippen molar-refractivity contribution in [1.82, 2.24) is 4.31 Å². The second kappa shape index (κ2) is 5.99. The minimum absolute atomic E-state index is 0.644. The fraction of sp³-hybridized carbons (Fsp3) is 0.385. The van der Waals surface area contributed by atoms with Crippen LogP contribution in [0.4, 0.5) is 0 Å². The largest absolute Gasteiger partial charge is 0.236 e. The van der Waals surface area contributed by atoms with Crippen molar-refractivity contribution >= 4 is 32.0 Å². The van der Waals surface area contributed by atoms with E-state index in [1.807, 2.05) is 24.3 Å². The summed E-state index contributed by atoms with van der Waals surface area (Å²) < 4.78 is 26.6. The van der Waals surface area contributed by atoms with Crippen LogP contribution in [-0.4, -0.2) is 25.8 Å². The Morgan fingerprint density at radius 1 is 1.17 bits per heavy atom. The van der Waals surface area contributed by atoms with Crippen LogP contribution < -0.4 is 0 Å². The SMILES string of the molecule is O=S(=O)(C=Cc1cccc(Br)c1)N1CCCCC1. The molecule has 2 rings (SSSR count). The standard InChI is InChI=1S/C13H16BrNO2S/c14-13-6-4-5-12(11-13)7-10-18(16,17)15-8-2-1-3-9-15/h4-7,10-11H,1-3,8-9H2. The third-order valence-corrected chi connectivity index (χ3v) is 5.01. The van der Waals surface area contributed by atoms with Gasteiger partial charge in [0.2, 0.25) is 10.0 Å². The van der Waals surface area contributed by atoms with Crippen molar-refractivity contribution in [3.8, 4) is 0 Å². The van der Waals surface area contributed by atoms with E-state index in [9.17, 15) is 8.42 Å². The molecule has 0 amide bonds. The Bertz CT molecular complexity index is 534. The van der Waals surface area contributed by atoms with Crippen molar-refractivity contribution in [1.29, 1.82) is 0 Å². The summed E-state index contributed by atoms with van der Waals surface area (Å²) in [5.41, 5.74) is 0.880. The molecular formula is C13H16BrNO2S. The first kappa shape index (κ1) is 13.8. The Morgan fingerprint density at radius 2 is 1.89 bits per heavy atom. The highest BCUT2D eigenvalue weighted by atomic mass is 79.9. The Hall–Kier alpha value is -0.650. The van der Waals surface area contributed by atoms with E-state index < -0.39 is 10.0 Å². The number of hydrogen-bond acceptors (Lipinski definition) is 2. The van der Waals surface area contributed by atoms with Gasteiger partial charge in [0.05, 0.1) is 0 Å². The Labute approximate surface area is 117 Å². The highest BCUT2D eigenvalue weighted by Crippen LogP contribution is 2.17. The fourth-order valence-electron chi connectivity index (χ4n) is 1.98. The second-order valence-electron chi connectivity index (χ2n) is 4.36. The van der Waals surface area contributed by atoms with Crippen LogP contribution in [0.1, 0.15) is 24.8 Å². The van der Waals surface area contributed by atoms with Gasteiger partial charge in [0, 0.05) is 23.0 Å². The van der Waals surface area contributed by atoms with E-state index in [1.165, 1.54) is 5.41 Å². The van der Waals surface area contributed by atoms with Gasteiger partial charge in [-0.25, -0.2) is 8.42 Å². The summed E-state index contributed by atoms with van der Waals surface area (Å²) in [4.78, 5) is 0. The van der Waals surface area contributed by atoms with Gasteiger partial charge in [0.25, 0.3) is 0 Å². The first-order valence-electron chi connectivity index (χ1n) is 6.02. The predicted molar refractivity (Wildman–Crippen MR) is 77.5 cm³/mol. The first-order chi connectivity index (χ1) is 8.58. The van der Waals surface area contributed by atoms with Crippen molar-refractivity contribution in [2.75, 3.05) is 13.1 Å². The molecule has 1 aliphatic rings. The number of benzene rings is 1. The molecule has 0 radical (unpaired) electrons. The molecule has 3 nitrogen and oxygen atoms in total. The van der Waals surface area contributed by atoms with Crippen LogP contribution in [0.25, 0.3) is 6.08 Å². The average Bonchev–Trinajstić information content (AvgIpc) is 2.38. The van der Waals surface area contributed by atoms with Gasteiger partial charge in [-0.1, -0.05) is 34.5 Å². The van der Waals surface area contributed by atoms with Crippen LogP contribution in [0.3, 0.4) is 0 Å². The zero-order valence-electron chi connectivity index (χ0n) is 10.0. The molecule has 1 aromatic carbocycles. The van der Waals surface area contributed by atoms with Crippen molar-refractivity contribution in [2.45, 2.75) is 19.3 Å². The first-order valence-corrected chi connectivity index (χ1v) is 8.31. The fourth-order valence-corrected chi connectivity index (χ4v) is 3.67. The summed E-state index contributed by atoms with van der Waals surface area (Å²) in [7, 11) is -3.26. The van der Waals surface area contributed by atoms with Gasteiger partial charge in [-0.2, -0.15) is 4.31 Å². The lowest BCUT2D eigenvalue weighted by atomic mass is 10.2. The molecule has 0 unspecified atom stereocenters. The zero-order valence-corrected chi connectivity index (χ0v) is 12.5. The van der Waals surface area contributed by atoms with Crippen LogP contribution in [-0.2, 0) is 10.0 Å². The van der Waals surface area contributed by atoms with E-state index >= 15 is 0 Å². The maximum Gasteiger partial charge on any atom is 0.236 e. The van der Waals surface area contributed by atoms with Gasteiger partial charge in [-0.3, -0.25) is 0 Å². The molecule has 18 heavy (non-hydrogen) atoms. The molecule has 0 aliphatic carbocycles. The van der Waals surface area contributed by atoms with Gasteiger partial charge in [-0.15, -0.1) is 0 Å². The maximum atomic E-state index is 12.1. The average molecular weight is 330 g/mol. The summed E-state index contributed by atoms with van der Waals surface area (Å²) in [5, 5.41) is 1.31. The highest BCUT2D eigenvalue weighted by molar-refractivity contribution is 9.10. The van der Waals surface area contributed by atoms with E-state index in [0.29, 0.717) is 13.1 Å². The topological polar surface area (TPSA) is 37.4 Å². The van der Waals surface area contributed by atoms with E-state index in [-0.39, 0.29) is 0 Å². The van der Waals surface area contributed by atoms with Gasteiger partial charge < -0.3 is 0 Å². The summed E-state index contributed by atoms with van der Waals surface area (Å²) in [6.45, 7) is 1.29. The number of rotatable bonds is 3. The van der Waals surface area contributed by atoms with Crippen LogP contribution in [0.2, 0.25) is 0 Å². The Morgan fingerprint density at radius 3 is 2.56 bits per heavy atom. The molecule has 0 N–H and O–H groups in total. The third-order valence-electron chi connectivity index (χ3n) is 2.96. The molecule has 0 saturated carbocycles. The van der Waals surface area contributed by atoms with Crippen LogP contribution >= 0.6 is 15.9 Å². The lowest BCUT2D eigenvalue weighted by molar-refractivity contribution is 0.350. The number of nitrogens with zero attached hydrogens (tertiary/aromatic N) is 1. The molecule has 1 aliphatic heterocycles. The number of hydrogen-bond donors (Lipinski definition) is 0. The molecule has 1 saturated heterocycles. The van der Waals surface area contributed by atoms with E-state index in [4.69, 9.17) is 0 Å². The number of sulfonamides is 1. The smallest absolute Gasteiger partial charge is 0.208 e. The van der Waals surface area contributed by atoms with Crippen molar-refractivity contribution < 1.29 is 8.42 Å². The monoisotopic (exact) mass is 329 g/mol. The summed E-state index contributed by atoms with van der Waals surface area (Å²) in [6.07, 6.45) is 4.70. The zero-order chi connectivity index (χ0) is 13.0. The minimum atomic E-state index is -3.26. The van der Waals surface area contributed by atoms with Crippen LogP contribution in [0.5, 0.6) is 0 Å². The van der Waals surface area contributed by atoms with Gasteiger partial charge in [0.1, 0.15) is 0 Å². The molecular weight excluding hydrogens is 314 g/mol.